The first-order chi connectivity index (χ1) is 11.1. The SMILES string of the molecule is CN(Cc1ccccc1)C(=O)CC1c2ccccc2CCN1C. The summed E-state index contributed by atoms with van der Waals surface area (Å²) in [5, 5.41) is 0. The van der Waals surface area contributed by atoms with Gasteiger partial charge in [-0.2, -0.15) is 0 Å². The molecular formula is C20H24N2O. The fraction of sp³-hybridized carbons (Fsp3) is 0.350. The fourth-order valence-corrected chi connectivity index (χ4v) is 3.31. The van der Waals surface area contributed by atoms with Crippen LogP contribution >= 0.6 is 0 Å². The van der Waals surface area contributed by atoms with E-state index in [1.807, 2.05) is 30.1 Å². The molecule has 3 nitrogen and oxygen atoms in total. The molecule has 1 unspecified atom stereocenters. The van der Waals surface area contributed by atoms with Crippen molar-refractivity contribution in [3.8, 4) is 0 Å². The van der Waals surface area contributed by atoms with Gasteiger partial charge < -0.3 is 4.90 Å². The van der Waals surface area contributed by atoms with Gasteiger partial charge in [-0.3, -0.25) is 9.69 Å². The maximum absolute atomic E-state index is 12.7. The van der Waals surface area contributed by atoms with Crippen LogP contribution in [-0.2, 0) is 17.8 Å². The largest absolute Gasteiger partial charge is 0.341 e. The third-order valence-corrected chi connectivity index (χ3v) is 4.74. The van der Waals surface area contributed by atoms with Gasteiger partial charge >= 0.3 is 0 Å². The van der Waals surface area contributed by atoms with Crippen LogP contribution in [0.2, 0.25) is 0 Å². The third-order valence-electron chi connectivity index (χ3n) is 4.74. The molecule has 0 saturated heterocycles. The molecule has 1 amide bonds. The van der Waals surface area contributed by atoms with Gasteiger partial charge in [-0.15, -0.1) is 0 Å². The highest BCUT2D eigenvalue weighted by atomic mass is 16.2. The summed E-state index contributed by atoms with van der Waals surface area (Å²) in [6.45, 7) is 1.68. The van der Waals surface area contributed by atoms with E-state index >= 15 is 0 Å². The maximum Gasteiger partial charge on any atom is 0.224 e. The van der Waals surface area contributed by atoms with Crippen molar-refractivity contribution in [1.29, 1.82) is 0 Å². The van der Waals surface area contributed by atoms with Gasteiger partial charge in [0.15, 0.2) is 0 Å². The lowest BCUT2D eigenvalue weighted by Crippen LogP contribution is -2.36. The predicted molar refractivity (Wildman–Crippen MR) is 93.1 cm³/mol. The van der Waals surface area contributed by atoms with Gasteiger partial charge in [0.1, 0.15) is 0 Å². The number of benzene rings is 2. The molecule has 1 aliphatic rings. The van der Waals surface area contributed by atoms with Crippen LogP contribution in [0.4, 0.5) is 0 Å². The van der Waals surface area contributed by atoms with Gasteiger partial charge in [-0.25, -0.2) is 0 Å². The van der Waals surface area contributed by atoms with Crippen molar-refractivity contribution < 1.29 is 4.79 Å². The lowest BCUT2D eigenvalue weighted by molar-refractivity contribution is -0.131. The second-order valence-corrected chi connectivity index (χ2v) is 6.38. The molecule has 0 N–H and O–H groups in total. The van der Waals surface area contributed by atoms with Crippen LogP contribution in [0.15, 0.2) is 54.6 Å². The minimum atomic E-state index is 0.186. The number of rotatable bonds is 4. The number of fused-ring (bicyclic) bond motifs is 1. The summed E-state index contributed by atoms with van der Waals surface area (Å²) in [4.78, 5) is 16.8. The number of hydrogen-bond acceptors (Lipinski definition) is 2. The Kier molecular flexibility index (Phi) is 4.77. The number of likely N-dealkylation sites (N-methyl/N-ethyl adjacent to an activating group) is 1. The van der Waals surface area contributed by atoms with Crippen molar-refractivity contribution in [2.75, 3.05) is 20.6 Å². The Hall–Kier alpha value is -2.13. The molecule has 1 heterocycles. The van der Waals surface area contributed by atoms with E-state index in [0.717, 1.165) is 13.0 Å². The maximum atomic E-state index is 12.7. The second kappa shape index (κ2) is 6.97. The van der Waals surface area contributed by atoms with Crippen LogP contribution in [-0.4, -0.2) is 36.3 Å². The highest BCUT2D eigenvalue weighted by Gasteiger charge is 2.27. The first-order valence-electron chi connectivity index (χ1n) is 8.21. The molecule has 1 aliphatic heterocycles. The Labute approximate surface area is 138 Å². The minimum Gasteiger partial charge on any atom is -0.341 e. The van der Waals surface area contributed by atoms with Crippen LogP contribution in [0.25, 0.3) is 0 Å². The Morgan fingerprint density at radius 2 is 1.83 bits per heavy atom. The smallest absolute Gasteiger partial charge is 0.224 e. The zero-order chi connectivity index (χ0) is 16.2. The van der Waals surface area contributed by atoms with Crippen LogP contribution in [0.1, 0.15) is 29.2 Å². The summed E-state index contributed by atoms with van der Waals surface area (Å²) in [7, 11) is 4.01. The second-order valence-electron chi connectivity index (χ2n) is 6.38. The molecule has 23 heavy (non-hydrogen) atoms. The van der Waals surface area contributed by atoms with E-state index in [0.29, 0.717) is 13.0 Å². The highest BCUT2D eigenvalue weighted by Crippen LogP contribution is 2.31. The lowest BCUT2D eigenvalue weighted by Gasteiger charge is -2.35. The molecule has 2 aromatic carbocycles. The first kappa shape index (κ1) is 15.8. The van der Waals surface area contributed by atoms with E-state index in [-0.39, 0.29) is 11.9 Å². The van der Waals surface area contributed by atoms with Crippen molar-refractivity contribution in [2.24, 2.45) is 0 Å². The van der Waals surface area contributed by atoms with E-state index in [4.69, 9.17) is 0 Å². The number of nitrogens with zero attached hydrogens (tertiary/aromatic N) is 2. The number of hydrogen-bond donors (Lipinski definition) is 0. The first-order valence-corrected chi connectivity index (χ1v) is 8.21. The van der Waals surface area contributed by atoms with Crippen molar-refractivity contribution in [1.82, 2.24) is 9.80 Å². The van der Waals surface area contributed by atoms with Gasteiger partial charge in [0, 0.05) is 32.6 Å². The molecule has 1 atom stereocenters. The van der Waals surface area contributed by atoms with Gasteiger partial charge in [-0.1, -0.05) is 54.6 Å². The van der Waals surface area contributed by atoms with Crippen LogP contribution in [0.3, 0.4) is 0 Å². The lowest BCUT2D eigenvalue weighted by atomic mass is 9.91. The van der Waals surface area contributed by atoms with Crippen molar-refractivity contribution in [2.45, 2.75) is 25.4 Å². The predicted octanol–water partition coefficient (Wildman–Crippen LogP) is 3.26. The van der Waals surface area contributed by atoms with E-state index in [1.54, 1.807) is 0 Å². The number of amides is 1. The summed E-state index contributed by atoms with van der Waals surface area (Å²) >= 11 is 0. The molecule has 0 radical (unpaired) electrons. The molecule has 120 valence electrons. The number of carbonyl (C=O) groups is 1. The summed E-state index contributed by atoms with van der Waals surface area (Å²) in [5.74, 6) is 0.197. The van der Waals surface area contributed by atoms with Gasteiger partial charge in [0.25, 0.3) is 0 Å². The molecule has 3 heteroatoms. The van der Waals surface area contributed by atoms with Crippen molar-refractivity contribution in [3.05, 3.63) is 71.3 Å². The Balaban J connectivity index is 1.70. The molecule has 0 spiro atoms. The molecule has 3 rings (SSSR count). The van der Waals surface area contributed by atoms with Crippen LogP contribution in [0, 0.1) is 0 Å². The Morgan fingerprint density at radius 3 is 2.61 bits per heavy atom. The quantitative estimate of drug-likeness (QED) is 0.865. The van der Waals surface area contributed by atoms with Gasteiger partial charge in [0.05, 0.1) is 0 Å². The number of carbonyl (C=O) groups excluding carboxylic acids is 1. The Bertz CT molecular complexity index is 668. The van der Waals surface area contributed by atoms with E-state index in [1.165, 1.54) is 16.7 Å². The molecular weight excluding hydrogens is 284 g/mol. The zero-order valence-electron chi connectivity index (χ0n) is 13.9. The van der Waals surface area contributed by atoms with Gasteiger partial charge in [-0.05, 0) is 30.2 Å². The molecule has 2 aromatic rings. The van der Waals surface area contributed by atoms with E-state index < -0.39 is 0 Å². The highest BCUT2D eigenvalue weighted by molar-refractivity contribution is 5.77. The van der Waals surface area contributed by atoms with E-state index in [9.17, 15) is 4.79 Å². The topological polar surface area (TPSA) is 23.6 Å². The minimum absolute atomic E-state index is 0.186. The summed E-state index contributed by atoms with van der Waals surface area (Å²) in [5.41, 5.74) is 3.86. The average Bonchev–Trinajstić information content (AvgIpc) is 2.58. The average molecular weight is 308 g/mol. The third kappa shape index (κ3) is 3.62. The standard InChI is InChI=1S/C20H24N2O/c1-21-13-12-17-10-6-7-11-18(17)19(21)14-20(23)22(2)15-16-8-4-3-5-9-16/h3-11,19H,12-15H2,1-2H3. The summed E-state index contributed by atoms with van der Waals surface area (Å²) < 4.78 is 0. The van der Waals surface area contributed by atoms with Crippen LogP contribution in [0.5, 0.6) is 0 Å². The van der Waals surface area contributed by atoms with Crippen molar-refractivity contribution >= 4 is 5.91 Å². The summed E-state index contributed by atoms with van der Waals surface area (Å²) in [6, 6.07) is 18.8. The fourth-order valence-electron chi connectivity index (χ4n) is 3.31. The molecule has 0 bridgehead atoms. The molecule has 0 fully saturated rings. The molecule has 0 saturated carbocycles. The van der Waals surface area contributed by atoms with Crippen LogP contribution < -0.4 is 0 Å². The van der Waals surface area contributed by atoms with Gasteiger partial charge in [0.2, 0.25) is 5.91 Å². The van der Waals surface area contributed by atoms with Crippen molar-refractivity contribution in [3.63, 3.8) is 0 Å². The normalized spacial score (nSPS) is 17.6. The zero-order valence-corrected chi connectivity index (χ0v) is 13.9. The Morgan fingerprint density at radius 1 is 1.13 bits per heavy atom. The molecule has 0 aromatic heterocycles. The summed E-state index contributed by atoms with van der Waals surface area (Å²) in [6.07, 6.45) is 1.61. The molecule has 0 aliphatic carbocycles. The van der Waals surface area contributed by atoms with E-state index in [2.05, 4.69) is 48.3 Å². The monoisotopic (exact) mass is 308 g/mol.